The third kappa shape index (κ3) is 1.82. The highest BCUT2D eigenvalue weighted by Gasteiger charge is 2.00. The maximum atomic E-state index is 10.3. The number of hydrogen-bond acceptors (Lipinski definition) is 1. The van der Waals surface area contributed by atoms with Crippen LogP contribution in [-0.2, 0) is 0 Å². The molecule has 0 unspecified atom stereocenters. The average Bonchev–Trinajstić information content (AvgIpc) is 1.69. The van der Waals surface area contributed by atoms with E-state index in [0.29, 0.717) is 13.1 Å². The number of nitrogens with zero attached hydrogens (tertiary/aromatic N) is 1. The minimum Gasteiger partial charge on any atom is -0.351 e. The highest BCUT2D eigenvalue weighted by molar-refractivity contribution is 5.71. The van der Waals surface area contributed by atoms with E-state index in [-0.39, 0.29) is 6.03 Å². The van der Waals surface area contributed by atoms with E-state index >= 15 is 0 Å². The molecule has 8 heavy (non-hydrogen) atoms. The van der Waals surface area contributed by atoms with E-state index in [0.717, 1.165) is 0 Å². The molecule has 3 heteroatoms. The Hall–Kier alpha value is -0.730. The normalized spacial score (nSPS) is 8.75. The van der Waals surface area contributed by atoms with Gasteiger partial charge >= 0.3 is 6.03 Å². The van der Waals surface area contributed by atoms with E-state index in [1.807, 2.05) is 13.8 Å². The number of rotatable bonds is 2. The fraction of sp³-hybridized carbons (Fsp3) is 0.800. The predicted octanol–water partition coefficient (Wildman–Crippen LogP) is 0.407. The lowest BCUT2D eigenvalue weighted by atomic mass is 10.5. The summed E-state index contributed by atoms with van der Waals surface area (Å²) >= 11 is 0. The van der Waals surface area contributed by atoms with Gasteiger partial charge in [0.2, 0.25) is 0 Å². The molecule has 0 saturated carbocycles. The quantitative estimate of drug-likeness (QED) is 0.558. The van der Waals surface area contributed by atoms with Gasteiger partial charge in [0.1, 0.15) is 0 Å². The van der Waals surface area contributed by atoms with Gasteiger partial charge in [0.05, 0.1) is 0 Å². The van der Waals surface area contributed by atoms with E-state index in [1.165, 1.54) is 0 Å². The summed E-state index contributed by atoms with van der Waals surface area (Å²) in [5.41, 5.74) is 4.94. The first kappa shape index (κ1) is 7.27. The van der Waals surface area contributed by atoms with Crippen molar-refractivity contribution in [3.05, 3.63) is 0 Å². The second-order valence-electron chi connectivity index (χ2n) is 1.51. The molecule has 0 bridgehead atoms. The van der Waals surface area contributed by atoms with Crippen LogP contribution < -0.4 is 5.73 Å². The second kappa shape index (κ2) is 3.29. The number of urea groups is 1. The molecule has 0 atom stereocenters. The predicted molar refractivity (Wildman–Crippen MR) is 32.5 cm³/mol. The van der Waals surface area contributed by atoms with Crippen LogP contribution >= 0.6 is 0 Å². The van der Waals surface area contributed by atoms with Crippen molar-refractivity contribution in [1.29, 1.82) is 0 Å². The lowest BCUT2D eigenvalue weighted by molar-refractivity contribution is 0.213. The number of amides is 2. The molecular weight excluding hydrogens is 104 g/mol. The topological polar surface area (TPSA) is 46.3 Å². The van der Waals surface area contributed by atoms with Crippen molar-refractivity contribution < 1.29 is 4.79 Å². The van der Waals surface area contributed by atoms with Crippen LogP contribution in [0, 0.1) is 0 Å². The van der Waals surface area contributed by atoms with Gasteiger partial charge in [-0.25, -0.2) is 4.79 Å². The number of primary amides is 1. The summed E-state index contributed by atoms with van der Waals surface area (Å²) in [6.45, 7) is 5.19. The van der Waals surface area contributed by atoms with Crippen LogP contribution in [-0.4, -0.2) is 24.0 Å². The first-order valence-corrected chi connectivity index (χ1v) is 2.76. The summed E-state index contributed by atoms with van der Waals surface area (Å²) < 4.78 is 0. The van der Waals surface area contributed by atoms with Crippen LogP contribution in [0.15, 0.2) is 0 Å². The van der Waals surface area contributed by atoms with Gasteiger partial charge in [-0.3, -0.25) is 0 Å². The molecule has 0 heterocycles. The molecule has 0 saturated heterocycles. The Morgan fingerprint density at radius 1 is 1.50 bits per heavy atom. The van der Waals surface area contributed by atoms with Gasteiger partial charge in [-0.05, 0) is 13.8 Å². The van der Waals surface area contributed by atoms with Gasteiger partial charge in [-0.2, -0.15) is 0 Å². The molecule has 0 rings (SSSR count). The summed E-state index contributed by atoms with van der Waals surface area (Å²) in [7, 11) is 0. The Bertz CT molecular complexity index is 78.5. The number of hydrogen-bond donors (Lipinski definition) is 1. The molecular formula is C5H12N2O. The SMILES string of the molecule is CCN(CC)C(N)=O. The maximum absolute atomic E-state index is 10.3. The number of carbonyl (C=O) groups excluding carboxylic acids is 1. The Balaban J connectivity index is 3.52. The maximum Gasteiger partial charge on any atom is 0.314 e. The van der Waals surface area contributed by atoms with E-state index in [1.54, 1.807) is 4.90 Å². The van der Waals surface area contributed by atoms with Crippen LogP contribution in [0.3, 0.4) is 0 Å². The molecule has 2 N–H and O–H groups in total. The third-order valence-electron chi connectivity index (χ3n) is 1.08. The van der Waals surface area contributed by atoms with Gasteiger partial charge in [-0.1, -0.05) is 0 Å². The average molecular weight is 116 g/mol. The molecule has 48 valence electrons. The lowest BCUT2D eigenvalue weighted by Crippen LogP contribution is -2.35. The molecule has 0 aromatic heterocycles. The van der Waals surface area contributed by atoms with Crippen molar-refractivity contribution in [2.24, 2.45) is 5.73 Å². The monoisotopic (exact) mass is 116 g/mol. The summed E-state index contributed by atoms with van der Waals surface area (Å²) in [5, 5.41) is 0. The van der Waals surface area contributed by atoms with Gasteiger partial charge < -0.3 is 10.6 Å². The van der Waals surface area contributed by atoms with Crippen LogP contribution in [0.4, 0.5) is 4.79 Å². The molecule has 0 fully saturated rings. The van der Waals surface area contributed by atoms with Gasteiger partial charge in [-0.15, -0.1) is 0 Å². The van der Waals surface area contributed by atoms with Crippen LogP contribution in [0.5, 0.6) is 0 Å². The second-order valence-corrected chi connectivity index (χ2v) is 1.51. The molecule has 0 aromatic rings. The first-order valence-electron chi connectivity index (χ1n) is 2.76. The zero-order valence-corrected chi connectivity index (χ0v) is 5.35. The number of carbonyl (C=O) groups is 1. The van der Waals surface area contributed by atoms with E-state index < -0.39 is 0 Å². The van der Waals surface area contributed by atoms with Crippen molar-refractivity contribution in [2.45, 2.75) is 13.8 Å². The molecule has 3 nitrogen and oxygen atoms in total. The summed E-state index contributed by atoms with van der Waals surface area (Å²) in [6.07, 6.45) is 0. The van der Waals surface area contributed by atoms with Crippen molar-refractivity contribution in [1.82, 2.24) is 4.90 Å². The molecule has 0 aliphatic rings. The number of nitrogens with two attached hydrogens (primary N) is 1. The highest BCUT2D eigenvalue weighted by atomic mass is 16.2. The summed E-state index contributed by atoms with van der Waals surface area (Å²) in [6, 6.07) is -0.338. The van der Waals surface area contributed by atoms with Crippen LogP contribution in [0.2, 0.25) is 0 Å². The Morgan fingerprint density at radius 2 is 1.88 bits per heavy atom. The van der Waals surface area contributed by atoms with Gasteiger partial charge in [0, 0.05) is 13.1 Å². The Kier molecular flexibility index (Phi) is 2.99. The van der Waals surface area contributed by atoms with Crippen molar-refractivity contribution in [2.75, 3.05) is 13.1 Å². The van der Waals surface area contributed by atoms with Crippen LogP contribution in [0.25, 0.3) is 0 Å². The fourth-order valence-corrected chi connectivity index (χ4v) is 0.535. The molecule has 0 aliphatic heterocycles. The van der Waals surface area contributed by atoms with Crippen molar-refractivity contribution in [3.63, 3.8) is 0 Å². The molecule has 0 aliphatic carbocycles. The molecule has 0 aromatic carbocycles. The zero-order chi connectivity index (χ0) is 6.57. The standard InChI is InChI=1S/C5H12N2O/c1-3-7(4-2)5(6)8/h3-4H2,1-2H3,(H2,6,8). The molecule has 0 radical (unpaired) electrons. The minimum absolute atomic E-state index is 0.338. The fourth-order valence-electron chi connectivity index (χ4n) is 0.535. The molecule has 0 spiro atoms. The summed E-state index contributed by atoms with van der Waals surface area (Å²) in [5.74, 6) is 0. The molecule has 2 amide bonds. The van der Waals surface area contributed by atoms with Gasteiger partial charge in [0.15, 0.2) is 0 Å². The largest absolute Gasteiger partial charge is 0.351 e. The first-order chi connectivity index (χ1) is 3.72. The highest BCUT2D eigenvalue weighted by Crippen LogP contribution is 1.82. The Labute approximate surface area is 49.5 Å². The minimum atomic E-state index is -0.338. The lowest BCUT2D eigenvalue weighted by Gasteiger charge is -2.13. The van der Waals surface area contributed by atoms with Crippen molar-refractivity contribution in [3.8, 4) is 0 Å². The smallest absolute Gasteiger partial charge is 0.314 e. The van der Waals surface area contributed by atoms with E-state index in [4.69, 9.17) is 5.73 Å². The Morgan fingerprint density at radius 3 is 1.88 bits per heavy atom. The van der Waals surface area contributed by atoms with E-state index in [2.05, 4.69) is 0 Å². The third-order valence-corrected chi connectivity index (χ3v) is 1.08. The zero-order valence-electron chi connectivity index (χ0n) is 5.35. The van der Waals surface area contributed by atoms with Crippen LogP contribution in [0.1, 0.15) is 13.8 Å². The van der Waals surface area contributed by atoms with Gasteiger partial charge in [0.25, 0.3) is 0 Å². The van der Waals surface area contributed by atoms with Crippen molar-refractivity contribution >= 4 is 6.03 Å². The van der Waals surface area contributed by atoms with E-state index in [9.17, 15) is 4.79 Å². The summed E-state index contributed by atoms with van der Waals surface area (Å²) in [4.78, 5) is 11.9.